The van der Waals surface area contributed by atoms with Crippen molar-refractivity contribution < 1.29 is 18.7 Å². The number of hydrogen-bond donors (Lipinski definition) is 1. The first kappa shape index (κ1) is 17.9. The molecule has 3 aromatic rings. The Bertz CT molecular complexity index is 997. The second kappa shape index (κ2) is 7.26. The third kappa shape index (κ3) is 3.04. The van der Waals surface area contributed by atoms with Crippen LogP contribution >= 0.6 is 0 Å². The predicted molar refractivity (Wildman–Crippen MR) is 104 cm³/mol. The van der Waals surface area contributed by atoms with E-state index in [9.17, 15) is 4.79 Å². The largest absolute Gasteiger partial charge is 0.493 e. The molecule has 0 saturated carbocycles. The Hall–Kier alpha value is -3.49. The molecule has 28 heavy (non-hydrogen) atoms. The number of aromatic nitrogens is 2. The molecular weight excluding hydrogens is 362 g/mol. The molecule has 1 aliphatic rings. The third-order valence-electron chi connectivity index (χ3n) is 4.80. The van der Waals surface area contributed by atoms with Crippen LogP contribution in [0, 0.1) is 0 Å². The lowest BCUT2D eigenvalue weighted by molar-refractivity contribution is 0.0714. The van der Waals surface area contributed by atoms with E-state index < -0.39 is 0 Å². The van der Waals surface area contributed by atoms with Gasteiger partial charge in [-0.05, 0) is 24.3 Å². The molecule has 1 saturated heterocycles. The standard InChI is InChI=1S/C19H21N5O4/c1-26-13-6-5-12-15(16(13)27-2)17(20)22-19(21-12)24-9-7-23(8-10-24)18(25)14-4-3-11-28-14/h3-6,11H,7-10H2,1-2H3,(H2,20,21,22). The highest BCUT2D eigenvalue weighted by atomic mass is 16.5. The number of carbonyl (C=O) groups excluding carboxylic acids is 1. The number of benzene rings is 1. The summed E-state index contributed by atoms with van der Waals surface area (Å²) in [6.07, 6.45) is 1.50. The molecule has 1 aliphatic heterocycles. The fraction of sp³-hybridized carbons (Fsp3) is 0.316. The van der Waals surface area contributed by atoms with E-state index in [2.05, 4.69) is 9.97 Å². The monoisotopic (exact) mass is 383 g/mol. The van der Waals surface area contributed by atoms with Crippen molar-refractivity contribution in [2.24, 2.45) is 0 Å². The van der Waals surface area contributed by atoms with Crippen LogP contribution in [-0.4, -0.2) is 61.2 Å². The number of nitrogen functional groups attached to an aromatic ring is 1. The van der Waals surface area contributed by atoms with E-state index >= 15 is 0 Å². The number of anilines is 2. The second-order valence-electron chi connectivity index (χ2n) is 6.36. The molecule has 0 aliphatic carbocycles. The molecule has 1 aromatic carbocycles. The number of carbonyl (C=O) groups is 1. The zero-order valence-corrected chi connectivity index (χ0v) is 15.7. The summed E-state index contributed by atoms with van der Waals surface area (Å²) in [5, 5.41) is 0.622. The van der Waals surface area contributed by atoms with Gasteiger partial charge in [0.15, 0.2) is 17.3 Å². The number of methoxy groups -OCH3 is 2. The normalized spacial score (nSPS) is 14.4. The van der Waals surface area contributed by atoms with E-state index in [0.717, 1.165) is 0 Å². The van der Waals surface area contributed by atoms with Gasteiger partial charge in [0.05, 0.1) is 31.4 Å². The molecule has 4 rings (SSSR count). The summed E-state index contributed by atoms with van der Waals surface area (Å²) in [4.78, 5) is 25.3. The fourth-order valence-electron chi connectivity index (χ4n) is 3.36. The van der Waals surface area contributed by atoms with Crippen LogP contribution < -0.4 is 20.1 Å². The fourth-order valence-corrected chi connectivity index (χ4v) is 3.36. The summed E-state index contributed by atoms with van der Waals surface area (Å²) in [5.74, 6) is 2.18. The Kier molecular flexibility index (Phi) is 4.64. The Balaban J connectivity index is 1.56. The molecule has 1 fully saturated rings. The van der Waals surface area contributed by atoms with Crippen LogP contribution in [0.25, 0.3) is 10.9 Å². The van der Waals surface area contributed by atoms with Crippen LogP contribution in [0.3, 0.4) is 0 Å². The number of ether oxygens (including phenoxy) is 2. The van der Waals surface area contributed by atoms with Crippen molar-refractivity contribution >= 4 is 28.6 Å². The molecule has 0 radical (unpaired) electrons. The number of fused-ring (bicyclic) bond motifs is 1. The number of piperazine rings is 1. The highest BCUT2D eigenvalue weighted by Gasteiger charge is 2.26. The van der Waals surface area contributed by atoms with Gasteiger partial charge in [-0.3, -0.25) is 4.79 Å². The summed E-state index contributed by atoms with van der Waals surface area (Å²) in [5.41, 5.74) is 6.89. The van der Waals surface area contributed by atoms with Crippen LogP contribution in [0.2, 0.25) is 0 Å². The molecule has 9 nitrogen and oxygen atoms in total. The second-order valence-corrected chi connectivity index (χ2v) is 6.36. The molecule has 146 valence electrons. The topological polar surface area (TPSA) is 107 Å². The van der Waals surface area contributed by atoms with Crippen molar-refractivity contribution in [1.29, 1.82) is 0 Å². The quantitative estimate of drug-likeness (QED) is 0.727. The van der Waals surface area contributed by atoms with E-state index in [1.807, 2.05) is 11.0 Å². The van der Waals surface area contributed by atoms with Crippen molar-refractivity contribution in [3.63, 3.8) is 0 Å². The SMILES string of the molecule is COc1ccc2nc(N3CCN(C(=O)c4ccco4)CC3)nc(N)c2c1OC. The van der Waals surface area contributed by atoms with E-state index in [4.69, 9.17) is 19.6 Å². The van der Waals surface area contributed by atoms with Gasteiger partial charge >= 0.3 is 0 Å². The molecule has 0 unspecified atom stereocenters. The van der Waals surface area contributed by atoms with Crippen LogP contribution in [0.15, 0.2) is 34.9 Å². The van der Waals surface area contributed by atoms with Crippen LogP contribution in [0.5, 0.6) is 11.5 Å². The van der Waals surface area contributed by atoms with Gasteiger partial charge < -0.3 is 29.4 Å². The number of amides is 1. The van der Waals surface area contributed by atoms with Crippen LogP contribution in [0.4, 0.5) is 11.8 Å². The Labute approximate surface area is 161 Å². The first-order valence-electron chi connectivity index (χ1n) is 8.88. The maximum absolute atomic E-state index is 12.4. The van der Waals surface area contributed by atoms with Crippen molar-refractivity contribution in [3.05, 3.63) is 36.3 Å². The Morgan fingerprint density at radius 2 is 1.89 bits per heavy atom. The van der Waals surface area contributed by atoms with Crippen LogP contribution in [-0.2, 0) is 0 Å². The van der Waals surface area contributed by atoms with Gasteiger partial charge in [-0.2, -0.15) is 4.98 Å². The lowest BCUT2D eigenvalue weighted by Crippen LogP contribution is -2.49. The number of furan rings is 1. The summed E-state index contributed by atoms with van der Waals surface area (Å²) in [7, 11) is 3.12. The van der Waals surface area contributed by atoms with Crippen molar-refractivity contribution in [3.8, 4) is 11.5 Å². The van der Waals surface area contributed by atoms with E-state index in [1.165, 1.54) is 6.26 Å². The van der Waals surface area contributed by atoms with Crippen molar-refractivity contribution in [2.75, 3.05) is 51.0 Å². The van der Waals surface area contributed by atoms with Crippen molar-refractivity contribution in [1.82, 2.24) is 14.9 Å². The molecular formula is C19H21N5O4. The highest BCUT2D eigenvalue weighted by Crippen LogP contribution is 2.38. The van der Waals surface area contributed by atoms with Gasteiger partial charge in [-0.15, -0.1) is 0 Å². The Morgan fingerprint density at radius 1 is 1.11 bits per heavy atom. The number of rotatable bonds is 4. The first-order chi connectivity index (χ1) is 13.6. The van der Waals surface area contributed by atoms with Gasteiger partial charge in [0.2, 0.25) is 5.95 Å². The summed E-state index contributed by atoms with van der Waals surface area (Å²) in [6.45, 7) is 2.30. The average Bonchev–Trinajstić information content (AvgIpc) is 3.27. The minimum absolute atomic E-state index is 0.111. The molecule has 9 heteroatoms. The van der Waals surface area contributed by atoms with Crippen LogP contribution in [0.1, 0.15) is 10.6 Å². The van der Waals surface area contributed by atoms with Gasteiger partial charge in [0.25, 0.3) is 5.91 Å². The van der Waals surface area contributed by atoms with E-state index in [-0.39, 0.29) is 5.91 Å². The first-order valence-corrected chi connectivity index (χ1v) is 8.88. The number of nitrogens with two attached hydrogens (primary N) is 1. The third-order valence-corrected chi connectivity index (χ3v) is 4.80. The maximum atomic E-state index is 12.4. The minimum Gasteiger partial charge on any atom is -0.493 e. The smallest absolute Gasteiger partial charge is 0.289 e. The van der Waals surface area contributed by atoms with Gasteiger partial charge in [0.1, 0.15) is 5.82 Å². The average molecular weight is 383 g/mol. The van der Waals surface area contributed by atoms with Gasteiger partial charge in [0, 0.05) is 26.2 Å². The zero-order valence-electron chi connectivity index (χ0n) is 15.7. The van der Waals surface area contributed by atoms with Crippen molar-refractivity contribution in [2.45, 2.75) is 0 Å². The number of nitrogens with zero attached hydrogens (tertiary/aromatic N) is 4. The lowest BCUT2D eigenvalue weighted by atomic mass is 10.2. The number of hydrogen-bond acceptors (Lipinski definition) is 8. The summed E-state index contributed by atoms with van der Waals surface area (Å²) < 4.78 is 16.0. The molecule has 0 atom stereocenters. The molecule has 1 amide bonds. The molecule has 2 aromatic heterocycles. The van der Waals surface area contributed by atoms with E-state index in [1.54, 1.807) is 37.3 Å². The summed E-state index contributed by atoms with van der Waals surface area (Å²) >= 11 is 0. The molecule has 0 spiro atoms. The lowest BCUT2D eigenvalue weighted by Gasteiger charge is -2.34. The molecule has 2 N–H and O–H groups in total. The predicted octanol–water partition coefficient (Wildman–Crippen LogP) is 1.78. The summed E-state index contributed by atoms with van der Waals surface area (Å²) in [6, 6.07) is 6.99. The molecule has 3 heterocycles. The minimum atomic E-state index is -0.111. The highest BCUT2D eigenvalue weighted by molar-refractivity contribution is 5.96. The zero-order chi connectivity index (χ0) is 19.7. The Morgan fingerprint density at radius 3 is 2.54 bits per heavy atom. The van der Waals surface area contributed by atoms with Gasteiger partial charge in [-0.25, -0.2) is 4.98 Å². The van der Waals surface area contributed by atoms with Gasteiger partial charge in [-0.1, -0.05) is 0 Å². The molecule has 0 bridgehead atoms. The maximum Gasteiger partial charge on any atom is 0.289 e. The van der Waals surface area contributed by atoms with E-state index in [0.29, 0.717) is 66.1 Å².